The average molecular weight is 305 g/mol. The van der Waals surface area contributed by atoms with Crippen molar-refractivity contribution in [3.63, 3.8) is 0 Å². The first-order valence-corrected chi connectivity index (χ1v) is 9.27. The summed E-state index contributed by atoms with van der Waals surface area (Å²) in [4.78, 5) is 4.76. The molecule has 1 saturated heterocycles. The van der Waals surface area contributed by atoms with E-state index in [1.807, 2.05) is 0 Å². The van der Waals surface area contributed by atoms with Gasteiger partial charge < -0.3 is 9.80 Å². The van der Waals surface area contributed by atoms with Gasteiger partial charge in [-0.2, -0.15) is 0 Å². The summed E-state index contributed by atoms with van der Waals surface area (Å²) in [5.41, 5.74) is 0. The zero-order valence-electron chi connectivity index (χ0n) is 13.5. The van der Waals surface area contributed by atoms with Gasteiger partial charge in [0, 0.05) is 39.8 Å². The van der Waals surface area contributed by atoms with Crippen LogP contribution in [0.25, 0.3) is 0 Å². The van der Waals surface area contributed by atoms with Crippen molar-refractivity contribution in [1.29, 1.82) is 0 Å². The second-order valence-corrected chi connectivity index (χ2v) is 8.51. The van der Waals surface area contributed by atoms with Crippen molar-refractivity contribution in [2.45, 2.75) is 26.7 Å². The Balaban J connectivity index is 2.23. The number of piperazine rings is 1. The Hall–Kier alpha value is -0.170. The summed E-state index contributed by atoms with van der Waals surface area (Å²) >= 11 is 0. The van der Waals surface area contributed by atoms with Crippen LogP contribution in [-0.2, 0) is 10.0 Å². The van der Waals surface area contributed by atoms with Crippen LogP contribution in [0.1, 0.15) is 26.7 Å². The summed E-state index contributed by atoms with van der Waals surface area (Å²) < 4.78 is 25.7. The molecule has 0 radical (unpaired) electrons. The predicted molar refractivity (Wildman–Crippen MR) is 84.4 cm³/mol. The van der Waals surface area contributed by atoms with Gasteiger partial charge >= 0.3 is 0 Å². The van der Waals surface area contributed by atoms with Crippen molar-refractivity contribution < 1.29 is 8.42 Å². The highest BCUT2D eigenvalue weighted by Crippen LogP contribution is 2.08. The Bertz CT molecular complexity index is 363. The van der Waals surface area contributed by atoms with Gasteiger partial charge in [0.15, 0.2) is 0 Å². The molecule has 1 heterocycles. The predicted octanol–water partition coefficient (Wildman–Crippen LogP) is 0.932. The number of hydrogen-bond donors (Lipinski definition) is 0. The number of sulfonamides is 1. The largest absolute Gasteiger partial charge is 0.304 e. The van der Waals surface area contributed by atoms with E-state index in [-0.39, 0.29) is 5.75 Å². The lowest BCUT2D eigenvalue weighted by Crippen LogP contribution is -2.45. The van der Waals surface area contributed by atoms with Crippen molar-refractivity contribution in [3.8, 4) is 0 Å². The topological polar surface area (TPSA) is 43.9 Å². The van der Waals surface area contributed by atoms with Crippen LogP contribution in [0.2, 0.25) is 0 Å². The van der Waals surface area contributed by atoms with Crippen LogP contribution in [0.3, 0.4) is 0 Å². The van der Waals surface area contributed by atoms with Crippen LogP contribution >= 0.6 is 0 Å². The first-order valence-electron chi connectivity index (χ1n) is 7.66. The zero-order valence-corrected chi connectivity index (χ0v) is 14.3. The Morgan fingerprint density at radius 3 is 2.30 bits per heavy atom. The normalized spacial score (nSPS) is 19.1. The molecule has 1 fully saturated rings. The molecule has 0 atom stereocenters. The SMILES string of the molecule is CC(C)CCS(=O)(=O)N(C)CCCN1CCN(C)CC1. The van der Waals surface area contributed by atoms with E-state index < -0.39 is 10.0 Å². The maximum Gasteiger partial charge on any atom is 0.213 e. The van der Waals surface area contributed by atoms with E-state index in [0.717, 1.165) is 45.6 Å². The van der Waals surface area contributed by atoms with Crippen LogP contribution in [0.5, 0.6) is 0 Å². The minimum absolute atomic E-state index is 0.273. The monoisotopic (exact) mass is 305 g/mol. The molecule has 0 amide bonds. The van der Waals surface area contributed by atoms with Gasteiger partial charge in [0.1, 0.15) is 0 Å². The van der Waals surface area contributed by atoms with Gasteiger partial charge in [0.05, 0.1) is 5.75 Å². The lowest BCUT2D eigenvalue weighted by molar-refractivity contribution is 0.151. The highest BCUT2D eigenvalue weighted by atomic mass is 32.2. The Kier molecular flexibility index (Phi) is 7.43. The van der Waals surface area contributed by atoms with Gasteiger partial charge in [0.25, 0.3) is 0 Å². The van der Waals surface area contributed by atoms with E-state index in [1.54, 1.807) is 7.05 Å². The van der Waals surface area contributed by atoms with Crippen molar-refractivity contribution in [1.82, 2.24) is 14.1 Å². The standard InChI is InChI=1S/C14H31N3O2S/c1-14(2)6-13-20(18,19)16(4)7-5-8-17-11-9-15(3)10-12-17/h14H,5-13H2,1-4H3. The van der Waals surface area contributed by atoms with Crippen molar-refractivity contribution in [3.05, 3.63) is 0 Å². The van der Waals surface area contributed by atoms with Crippen LogP contribution in [0.4, 0.5) is 0 Å². The molecule has 20 heavy (non-hydrogen) atoms. The first-order chi connectivity index (χ1) is 9.31. The number of likely N-dealkylation sites (N-methyl/N-ethyl adjacent to an activating group) is 1. The van der Waals surface area contributed by atoms with E-state index in [1.165, 1.54) is 4.31 Å². The molecule has 0 spiro atoms. The molecule has 0 saturated carbocycles. The molecule has 1 aliphatic heterocycles. The third kappa shape index (κ3) is 6.52. The fourth-order valence-electron chi connectivity index (χ4n) is 2.27. The zero-order chi connectivity index (χ0) is 15.2. The van der Waals surface area contributed by atoms with Crippen molar-refractivity contribution in [2.24, 2.45) is 5.92 Å². The fraction of sp³-hybridized carbons (Fsp3) is 1.00. The van der Waals surface area contributed by atoms with Crippen LogP contribution in [0, 0.1) is 5.92 Å². The summed E-state index contributed by atoms with van der Waals surface area (Å²) in [6.07, 6.45) is 1.66. The van der Waals surface area contributed by atoms with E-state index in [4.69, 9.17) is 0 Å². The Morgan fingerprint density at radius 2 is 1.75 bits per heavy atom. The molecule has 1 rings (SSSR count). The van der Waals surface area contributed by atoms with E-state index in [2.05, 4.69) is 30.7 Å². The minimum atomic E-state index is -3.06. The molecule has 0 aliphatic carbocycles. The van der Waals surface area contributed by atoms with E-state index >= 15 is 0 Å². The molecule has 0 bridgehead atoms. The van der Waals surface area contributed by atoms with E-state index in [0.29, 0.717) is 12.5 Å². The summed E-state index contributed by atoms with van der Waals surface area (Å²) in [5, 5.41) is 0. The molecule has 0 N–H and O–H groups in total. The van der Waals surface area contributed by atoms with Gasteiger partial charge in [-0.15, -0.1) is 0 Å². The fourth-order valence-corrected chi connectivity index (χ4v) is 3.76. The van der Waals surface area contributed by atoms with E-state index in [9.17, 15) is 8.42 Å². The first kappa shape index (κ1) is 17.9. The summed E-state index contributed by atoms with van der Waals surface area (Å²) in [6, 6.07) is 0. The van der Waals surface area contributed by atoms with Crippen LogP contribution in [-0.4, -0.2) is 81.6 Å². The van der Waals surface area contributed by atoms with Crippen LogP contribution < -0.4 is 0 Å². The quantitative estimate of drug-likeness (QED) is 0.669. The lowest BCUT2D eigenvalue weighted by Gasteiger charge is -2.32. The third-order valence-electron chi connectivity index (χ3n) is 3.97. The highest BCUT2D eigenvalue weighted by Gasteiger charge is 2.19. The molecule has 0 aromatic rings. The number of hydrogen-bond acceptors (Lipinski definition) is 4. The third-order valence-corrected chi connectivity index (χ3v) is 5.86. The molecule has 120 valence electrons. The van der Waals surface area contributed by atoms with Gasteiger partial charge in [0.2, 0.25) is 10.0 Å². The second-order valence-electron chi connectivity index (χ2n) is 6.32. The Labute approximate surface area is 125 Å². The molecule has 0 unspecified atom stereocenters. The molecule has 6 heteroatoms. The summed E-state index contributed by atoms with van der Waals surface area (Å²) in [5.74, 6) is 0.707. The molecular weight excluding hydrogens is 274 g/mol. The lowest BCUT2D eigenvalue weighted by atomic mass is 10.2. The maximum absolute atomic E-state index is 12.1. The molecular formula is C14H31N3O2S. The second kappa shape index (κ2) is 8.32. The van der Waals surface area contributed by atoms with Gasteiger partial charge in [-0.3, -0.25) is 0 Å². The van der Waals surface area contributed by atoms with Gasteiger partial charge in [-0.05, 0) is 32.4 Å². The van der Waals surface area contributed by atoms with Gasteiger partial charge in [-0.1, -0.05) is 13.8 Å². The summed E-state index contributed by atoms with van der Waals surface area (Å²) in [6.45, 7) is 10.2. The smallest absolute Gasteiger partial charge is 0.213 e. The maximum atomic E-state index is 12.1. The number of nitrogens with zero attached hydrogens (tertiary/aromatic N) is 3. The molecule has 5 nitrogen and oxygen atoms in total. The van der Waals surface area contributed by atoms with Crippen molar-refractivity contribution >= 4 is 10.0 Å². The number of rotatable bonds is 8. The average Bonchev–Trinajstić information content (AvgIpc) is 2.38. The summed E-state index contributed by atoms with van der Waals surface area (Å²) in [7, 11) is 0.793. The minimum Gasteiger partial charge on any atom is -0.304 e. The van der Waals surface area contributed by atoms with Crippen LogP contribution in [0.15, 0.2) is 0 Å². The van der Waals surface area contributed by atoms with Crippen molar-refractivity contribution in [2.75, 3.05) is 59.1 Å². The molecule has 1 aliphatic rings. The Morgan fingerprint density at radius 1 is 1.15 bits per heavy atom. The van der Waals surface area contributed by atoms with Gasteiger partial charge in [-0.25, -0.2) is 12.7 Å². The highest BCUT2D eigenvalue weighted by molar-refractivity contribution is 7.89. The molecule has 0 aromatic carbocycles. The molecule has 0 aromatic heterocycles.